The molecule has 0 bridgehead atoms. The third kappa shape index (κ3) is 5.35. The van der Waals surface area contributed by atoms with E-state index in [0.29, 0.717) is 5.11 Å². The predicted molar refractivity (Wildman–Crippen MR) is 91.8 cm³/mol. The number of methoxy groups -OCH3 is 1. The van der Waals surface area contributed by atoms with Gasteiger partial charge in [0.2, 0.25) is 0 Å². The lowest BCUT2D eigenvalue weighted by Gasteiger charge is -2.11. The molecule has 1 heterocycles. The van der Waals surface area contributed by atoms with Crippen molar-refractivity contribution in [2.75, 3.05) is 19.0 Å². The maximum absolute atomic E-state index is 5.25. The van der Waals surface area contributed by atoms with E-state index in [4.69, 9.17) is 17.0 Å². The molecule has 0 aliphatic rings. The molecule has 0 amide bonds. The Hall–Kier alpha value is -1.60. The van der Waals surface area contributed by atoms with Crippen LogP contribution in [0.3, 0.4) is 0 Å². The van der Waals surface area contributed by atoms with Crippen LogP contribution in [0.2, 0.25) is 0 Å². The zero-order valence-electron chi connectivity index (χ0n) is 11.7. The van der Waals surface area contributed by atoms with E-state index >= 15 is 0 Å². The van der Waals surface area contributed by atoms with Gasteiger partial charge in [-0.2, -0.15) is 5.10 Å². The van der Waals surface area contributed by atoms with Gasteiger partial charge in [-0.05, 0) is 58.8 Å². The number of hydrogen-bond donors (Lipinski definition) is 2. The molecular weight excluding hydrogens is 352 g/mol. The number of aryl methyl sites for hydroxylation is 1. The summed E-state index contributed by atoms with van der Waals surface area (Å²) in [7, 11) is 1.65. The molecule has 0 saturated heterocycles. The maximum atomic E-state index is 5.25. The molecule has 2 N–H and O–H groups in total. The van der Waals surface area contributed by atoms with Crippen molar-refractivity contribution in [1.29, 1.82) is 0 Å². The standard InChI is InChI=1S/C14H17BrN4OS/c1-20-13-5-3-12(4-6-13)18-14(21)16-7-2-8-19-10-11(15)9-17-19/h3-6,9-10H,2,7-8H2,1H3,(H2,16,18,21). The first-order valence-corrected chi connectivity index (χ1v) is 7.74. The van der Waals surface area contributed by atoms with Crippen molar-refractivity contribution < 1.29 is 4.74 Å². The molecule has 0 saturated carbocycles. The number of halogens is 1. The van der Waals surface area contributed by atoms with Crippen molar-refractivity contribution in [3.05, 3.63) is 41.1 Å². The summed E-state index contributed by atoms with van der Waals surface area (Å²) in [5.74, 6) is 0.824. The van der Waals surface area contributed by atoms with Crippen LogP contribution in [0.5, 0.6) is 5.75 Å². The first-order chi connectivity index (χ1) is 10.2. The average molecular weight is 369 g/mol. The lowest BCUT2D eigenvalue weighted by molar-refractivity contribution is 0.415. The van der Waals surface area contributed by atoms with Gasteiger partial charge in [-0.3, -0.25) is 4.68 Å². The van der Waals surface area contributed by atoms with Crippen LogP contribution in [0.4, 0.5) is 5.69 Å². The second-order valence-electron chi connectivity index (χ2n) is 4.38. The Morgan fingerprint density at radius 2 is 2.14 bits per heavy atom. The van der Waals surface area contributed by atoms with Gasteiger partial charge in [0.25, 0.3) is 0 Å². The largest absolute Gasteiger partial charge is 0.497 e. The number of anilines is 1. The molecule has 21 heavy (non-hydrogen) atoms. The van der Waals surface area contributed by atoms with Gasteiger partial charge in [0.15, 0.2) is 5.11 Å². The van der Waals surface area contributed by atoms with Crippen molar-refractivity contribution in [2.24, 2.45) is 0 Å². The van der Waals surface area contributed by atoms with E-state index < -0.39 is 0 Å². The highest BCUT2D eigenvalue weighted by Crippen LogP contribution is 2.14. The van der Waals surface area contributed by atoms with Gasteiger partial charge in [-0.25, -0.2) is 0 Å². The van der Waals surface area contributed by atoms with Crippen LogP contribution >= 0.6 is 28.1 Å². The van der Waals surface area contributed by atoms with Crippen LogP contribution < -0.4 is 15.4 Å². The molecular formula is C14H17BrN4OS. The fourth-order valence-corrected chi connectivity index (χ4v) is 2.30. The van der Waals surface area contributed by atoms with E-state index in [1.54, 1.807) is 13.3 Å². The summed E-state index contributed by atoms with van der Waals surface area (Å²) < 4.78 is 8.00. The topological polar surface area (TPSA) is 51.1 Å². The first-order valence-electron chi connectivity index (χ1n) is 6.54. The normalized spacial score (nSPS) is 10.2. The van der Waals surface area contributed by atoms with Crippen molar-refractivity contribution in [2.45, 2.75) is 13.0 Å². The van der Waals surface area contributed by atoms with Gasteiger partial charge in [0, 0.05) is 25.0 Å². The van der Waals surface area contributed by atoms with Crippen LogP contribution in [0.15, 0.2) is 41.1 Å². The molecule has 0 aliphatic carbocycles. The quantitative estimate of drug-likeness (QED) is 0.606. The Morgan fingerprint density at radius 1 is 1.38 bits per heavy atom. The molecule has 112 valence electrons. The lowest BCUT2D eigenvalue weighted by atomic mass is 10.3. The second kappa shape index (κ2) is 7.99. The minimum atomic E-state index is 0.613. The van der Waals surface area contributed by atoms with Gasteiger partial charge in [0.05, 0.1) is 17.8 Å². The van der Waals surface area contributed by atoms with E-state index in [1.165, 1.54) is 0 Å². The number of benzene rings is 1. The van der Waals surface area contributed by atoms with E-state index in [-0.39, 0.29) is 0 Å². The number of ether oxygens (including phenoxy) is 1. The van der Waals surface area contributed by atoms with Crippen molar-refractivity contribution in [1.82, 2.24) is 15.1 Å². The Bertz CT molecular complexity index is 585. The number of hydrogen-bond acceptors (Lipinski definition) is 3. The summed E-state index contributed by atoms with van der Waals surface area (Å²) >= 11 is 8.62. The number of rotatable bonds is 6. The van der Waals surface area contributed by atoms with Crippen molar-refractivity contribution in [3.63, 3.8) is 0 Å². The average Bonchev–Trinajstić information content (AvgIpc) is 2.90. The highest BCUT2D eigenvalue weighted by molar-refractivity contribution is 9.10. The number of nitrogens with one attached hydrogen (secondary N) is 2. The number of aromatic nitrogens is 2. The highest BCUT2D eigenvalue weighted by Gasteiger charge is 1.99. The molecule has 0 fully saturated rings. The van der Waals surface area contributed by atoms with Crippen LogP contribution in [0, 0.1) is 0 Å². The molecule has 0 spiro atoms. The van der Waals surface area contributed by atoms with Gasteiger partial charge < -0.3 is 15.4 Å². The summed E-state index contributed by atoms with van der Waals surface area (Å²) in [6.07, 6.45) is 4.68. The third-order valence-electron chi connectivity index (χ3n) is 2.80. The van der Waals surface area contributed by atoms with Crippen molar-refractivity contribution >= 4 is 38.9 Å². The summed E-state index contributed by atoms with van der Waals surface area (Å²) in [5.41, 5.74) is 0.935. The molecule has 0 radical (unpaired) electrons. The second-order valence-corrected chi connectivity index (χ2v) is 5.71. The van der Waals surface area contributed by atoms with Gasteiger partial charge in [0.1, 0.15) is 5.75 Å². The Kier molecular flexibility index (Phi) is 6.01. The smallest absolute Gasteiger partial charge is 0.170 e. The fourth-order valence-electron chi connectivity index (χ4n) is 1.75. The van der Waals surface area contributed by atoms with Gasteiger partial charge in [-0.15, -0.1) is 0 Å². The van der Waals surface area contributed by atoms with Crippen LogP contribution in [0.1, 0.15) is 6.42 Å². The Labute approximate surface area is 137 Å². The molecule has 0 aliphatic heterocycles. The zero-order chi connectivity index (χ0) is 15.1. The third-order valence-corrected chi connectivity index (χ3v) is 3.46. The predicted octanol–water partition coefficient (Wildman–Crippen LogP) is 3.03. The van der Waals surface area contributed by atoms with E-state index in [0.717, 1.165) is 35.4 Å². The van der Waals surface area contributed by atoms with E-state index in [9.17, 15) is 0 Å². The van der Waals surface area contributed by atoms with E-state index in [2.05, 4.69) is 31.7 Å². The first kappa shape index (κ1) is 15.8. The lowest BCUT2D eigenvalue weighted by Crippen LogP contribution is -2.29. The minimum absolute atomic E-state index is 0.613. The number of thiocarbonyl (C=S) groups is 1. The molecule has 1 aromatic heterocycles. The summed E-state index contributed by atoms with van der Waals surface area (Å²) in [4.78, 5) is 0. The SMILES string of the molecule is COc1ccc(NC(=S)NCCCn2cc(Br)cn2)cc1. The Balaban J connectivity index is 1.67. The summed E-state index contributed by atoms with van der Waals surface area (Å²) in [5, 5.41) is 11.1. The summed E-state index contributed by atoms with van der Waals surface area (Å²) in [6.45, 7) is 1.64. The van der Waals surface area contributed by atoms with E-state index in [1.807, 2.05) is 35.1 Å². The van der Waals surface area contributed by atoms with Crippen molar-refractivity contribution in [3.8, 4) is 5.75 Å². The van der Waals surface area contributed by atoms with Gasteiger partial charge >= 0.3 is 0 Å². The molecule has 7 heteroatoms. The van der Waals surface area contributed by atoms with Crippen LogP contribution in [-0.4, -0.2) is 28.5 Å². The molecule has 2 aromatic rings. The molecule has 0 atom stereocenters. The number of nitrogens with zero attached hydrogens (tertiary/aromatic N) is 2. The highest BCUT2D eigenvalue weighted by atomic mass is 79.9. The van der Waals surface area contributed by atoms with Gasteiger partial charge in [-0.1, -0.05) is 0 Å². The Morgan fingerprint density at radius 3 is 2.76 bits per heavy atom. The molecule has 0 unspecified atom stereocenters. The monoisotopic (exact) mass is 368 g/mol. The molecule has 2 rings (SSSR count). The summed E-state index contributed by atoms with van der Waals surface area (Å²) in [6, 6.07) is 7.63. The zero-order valence-corrected chi connectivity index (χ0v) is 14.1. The minimum Gasteiger partial charge on any atom is -0.497 e. The fraction of sp³-hybridized carbons (Fsp3) is 0.286. The van der Waals surface area contributed by atoms with Crippen LogP contribution in [0.25, 0.3) is 0 Å². The van der Waals surface area contributed by atoms with Crippen LogP contribution in [-0.2, 0) is 6.54 Å². The molecule has 1 aromatic carbocycles. The molecule has 5 nitrogen and oxygen atoms in total. The maximum Gasteiger partial charge on any atom is 0.170 e.